The van der Waals surface area contributed by atoms with E-state index in [0.29, 0.717) is 35.9 Å². The van der Waals surface area contributed by atoms with Crippen molar-refractivity contribution < 1.29 is 4.79 Å². The van der Waals surface area contributed by atoms with E-state index >= 15 is 0 Å². The molecule has 30 heavy (non-hydrogen) atoms. The standard InChI is InChI=1S/C24H27N5O/c30-21(19-12-6-2-7-13-19)16-22-27-23(25-17-18-10-4-1-5-11-18)29-24(28-22)26-20-14-8-3-9-15-20/h1-2,4-7,10-13,20H,3,8-9,14-17H2,(H2,25,26,27,28,29). The van der Waals surface area contributed by atoms with Crippen molar-refractivity contribution >= 4 is 17.7 Å². The summed E-state index contributed by atoms with van der Waals surface area (Å²) in [6.45, 7) is 0.611. The molecular formula is C24H27N5O. The quantitative estimate of drug-likeness (QED) is 0.535. The minimum absolute atomic E-state index is 0.000532. The Morgan fingerprint density at radius 2 is 1.50 bits per heavy atom. The average molecular weight is 402 g/mol. The molecule has 1 heterocycles. The van der Waals surface area contributed by atoms with Gasteiger partial charge in [0.05, 0.1) is 6.42 Å². The van der Waals surface area contributed by atoms with Crippen LogP contribution in [0.15, 0.2) is 60.7 Å². The first-order chi connectivity index (χ1) is 14.8. The van der Waals surface area contributed by atoms with E-state index < -0.39 is 0 Å². The third kappa shape index (κ3) is 5.63. The zero-order valence-electron chi connectivity index (χ0n) is 17.1. The zero-order valence-corrected chi connectivity index (χ0v) is 17.1. The second-order valence-corrected chi connectivity index (χ2v) is 7.68. The van der Waals surface area contributed by atoms with Crippen LogP contribution < -0.4 is 10.6 Å². The third-order valence-electron chi connectivity index (χ3n) is 5.33. The number of rotatable bonds is 8. The Morgan fingerprint density at radius 1 is 0.833 bits per heavy atom. The monoisotopic (exact) mass is 401 g/mol. The number of ketones is 1. The Hall–Kier alpha value is -3.28. The topological polar surface area (TPSA) is 79.8 Å². The summed E-state index contributed by atoms with van der Waals surface area (Å²) in [5, 5.41) is 6.74. The lowest BCUT2D eigenvalue weighted by Crippen LogP contribution is -2.24. The number of carbonyl (C=O) groups excluding carboxylic acids is 1. The molecule has 1 aliphatic carbocycles. The molecular weight excluding hydrogens is 374 g/mol. The number of nitrogens with one attached hydrogen (secondary N) is 2. The molecule has 0 unspecified atom stereocenters. The van der Waals surface area contributed by atoms with Crippen LogP contribution in [-0.2, 0) is 13.0 Å². The SMILES string of the molecule is O=C(Cc1nc(NCc2ccccc2)nc(NC2CCCCC2)n1)c1ccccc1. The summed E-state index contributed by atoms with van der Waals surface area (Å²) in [6, 6.07) is 19.7. The molecule has 0 saturated heterocycles. The van der Waals surface area contributed by atoms with Crippen LogP contribution in [-0.4, -0.2) is 26.8 Å². The number of aromatic nitrogens is 3. The first kappa shape index (κ1) is 20.0. The summed E-state index contributed by atoms with van der Waals surface area (Å²) in [4.78, 5) is 26.3. The number of Topliss-reactive ketones (excluding diaryl/α,β-unsaturated/α-hetero) is 1. The fourth-order valence-corrected chi connectivity index (χ4v) is 3.72. The zero-order chi connectivity index (χ0) is 20.6. The molecule has 6 heteroatoms. The number of carbonyl (C=O) groups is 1. The van der Waals surface area contributed by atoms with Gasteiger partial charge < -0.3 is 10.6 Å². The fourth-order valence-electron chi connectivity index (χ4n) is 3.72. The summed E-state index contributed by atoms with van der Waals surface area (Å²) in [5.41, 5.74) is 1.81. The largest absolute Gasteiger partial charge is 0.351 e. The normalized spacial score (nSPS) is 14.3. The first-order valence-corrected chi connectivity index (χ1v) is 10.6. The van der Waals surface area contributed by atoms with Crippen LogP contribution in [0.4, 0.5) is 11.9 Å². The molecule has 1 fully saturated rings. The molecule has 154 valence electrons. The minimum Gasteiger partial charge on any atom is -0.351 e. The van der Waals surface area contributed by atoms with E-state index in [1.54, 1.807) is 0 Å². The average Bonchev–Trinajstić information content (AvgIpc) is 2.79. The van der Waals surface area contributed by atoms with Crippen molar-refractivity contribution in [3.8, 4) is 0 Å². The van der Waals surface area contributed by atoms with Gasteiger partial charge in [0.15, 0.2) is 5.78 Å². The Kier molecular flexibility index (Phi) is 6.65. The van der Waals surface area contributed by atoms with Gasteiger partial charge in [-0.1, -0.05) is 79.9 Å². The fraction of sp³-hybridized carbons (Fsp3) is 0.333. The van der Waals surface area contributed by atoms with Crippen LogP contribution in [0.25, 0.3) is 0 Å². The number of benzene rings is 2. The molecule has 3 aromatic rings. The summed E-state index contributed by atoms with van der Waals surface area (Å²) in [6.07, 6.45) is 6.12. The van der Waals surface area contributed by atoms with E-state index in [0.717, 1.165) is 18.4 Å². The highest BCUT2D eigenvalue weighted by Crippen LogP contribution is 2.21. The molecule has 2 aromatic carbocycles. The maximum Gasteiger partial charge on any atom is 0.228 e. The van der Waals surface area contributed by atoms with E-state index in [1.165, 1.54) is 19.3 Å². The molecule has 2 N–H and O–H groups in total. The van der Waals surface area contributed by atoms with E-state index in [1.807, 2.05) is 48.5 Å². The van der Waals surface area contributed by atoms with Gasteiger partial charge in [-0.2, -0.15) is 15.0 Å². The predicted octanol–water partition coefficient (Wildman–Crippen LogP) is 4.65. The second-order valence-electron chi connectivity index (χ2n) is 7.68. The van der Waals surface area contributed by atoms with Crippen molar-refractivity contribution in [1.29, 1.82) is 0 Å². The molecule has 0 spiro atoms. The van der Waals surface area contributed by atoms with Crippen LogP contribution in [0.5, 0.6) is 0 Å². The predicted molar refractivity (Wildman–Crippen MR) is 119 cm³/mol. The van der Waals surface area contributed by atoms with Crippen LogP contribution in [0.3, 0.4) is 0 Å². The van der Waals surface area contributed by atoms with Gasteiger partial charge in [-0.25, -0.2) is 0 Å². The van der Waals surface area contributed by atoms with Gasteiger partial charge in [0.2, 0.25) is 11.9 Å². The van der Waals surface area contributed by atoms with Gasteiger partial charge in [0, 0.05) is 18.2 Å². The van der Waals surface area contributed by atoms with E-state index in [9.17, 15) is 4.79 Å². The van der Waals surface area contributed by atoms with Crippen molar-refractivity contribution in [1.82, 2.24) is 15.0 Å². The first-order valence-electron chi connectivity index (χ1n) is 10.6. The van der Waals surface area contributed by atoms with Gasteiger partial charge in [0.25, 0.3) is 0 Å². The molecule has 1 aliphatic rings. The number of hydrogen-bond donors (Lipinski definition) is 2. The van der Waals surface area contributed by atoms with Gasteiger partial charge in [-0.3, -0.25) is 4.79 Å². The van der Waals surface area contributed by atoms with Crippen molar-refractivity contribution in [2.75, 3.05) is 10.6 Å². The minimum atomic E-state index is -0.000532. The molecule has 1 saturated carbocycles. The lowest BCUT2D eigenvalue weighted by molar-refractivity contribution is 0.0991. The van der Waals surface area contributed by atoms with Gasteiger partial charge in [-0.05, 0) is 18.4 Å². The number of nitrogens with zero attached hydrogens (tertiary/aromatic N) is 3. The van der Waals surface area contributed by atoms with Crippen LogP contribution in [0.2, 0.25) is 0 Å². The van der Waals surface area contributed by atoms with Crippen LogP contribution >= 0.6 is 0 Å². The Morgan fingerprint density at radius 3 is 2.23 bits per heavy atom. The van der Waals surface area contributed by atoms with Gasteiger partial charge in [0.1, 0.15) is 5.82 Å². The van der Waals surface area contributed by atoms with Crippen LogP contribution in [0.1, 0.15) is 53.8 Å². The van der Waals surface area contributed by atoms with Crippen LogP contribution in [0, 0.1) is 0 Å². The maximum absolute atomic E-state index is 12.7. The summed E-state index contributed by atoms with van der Waals surface area (Å²) >= 11 is 0. The number of anilines is 2. The van der Waals surface area contributed by atoms with Gasteiger partial charge >= 0.3 is 0 Å². The van der Waals surface area contributed by atoms with Gasteiger partial charge in [-0.15, -0.1) is 0 Å². The maximum atomic E-state index is 12.7. The van der Waals surface area contributed by atoms with E-state index in [-0.39, 0.29) is 12.2 Å². The smallest absolute Gasteiger partial charge is 0.228 e. The highest BCUT2D eigenvalue weighted by molar-refractivity contribution is 5.97. The highest BCUT2D eigenvalue weighted by atomic mass is 16.1. The molecule has 0 bridgehead atoms. The van der Waals surface area contributed by atoms with Crippen molar-refractivity contribution in [2.24, 2.45) is 0 Å². The van der Waals surface area contributed by atoms with Crippen molar-refractivity contribution in [3.05, 3.63) is 77.6 Å². The molecule has 4 rings (SSSR count). The number of hydrogen-bond acceptors (Lipinski definition) is 6. The highest BCUT2D eigenvalue weighted by Gasteiger charge is 2.17. The Balaban J connectivity index is 1.52. The molecule has 6 nitrogen and oxygen atoms in total. The van der Waals surface area contributed by atoms with Crippen molar-refractivity contribution in [3.63, 3.8) is 0 Å². The molecule has 0 radical (unpaired) electrons. The van der Waals surface area contributed by atoms with E-state index in [4.69, 9.17) is 0 Å². The lowest BCUT2D eigenvalue weighted by atomic mass is 9.96. The summed E-state index contributed by atoms with van der Waals surface area (Å²) in [7, 11) is 0. The summed E-state index contributed by atoms with van der Waals surface area (Å²) in [5.74, 6) is 1.51. The third-order valence-corrected chi connectivity index (χ3v) is 5.33. The van der Waals surface area contributed by atoms with Crippen molar-refractivity contribution in [2.45, 2.75) is 51.1 Å². The second kappa shape index (κ2) is 9.96. The van der Waals surface area contributed by atoms with E-state index in [2.05, 4.69) is 37.7 Å². The molecule has 0 atom stereocenters. The summed E-state index contributed by atoms with van der Waals surface area (Å²) < 4.78 is 0. The Bertz CT molecular complexity index is 956. The lowest BCUT2D eigenvalue weighted by Gasteiger charge is -2.23. The molecule has 0 aliphatic heterocycles. The Labute approximate surface area is 177 Å². The molecule has 0 amide bonds. The molecule has 1 aromatic heterocycles.